The van der Waals surface area contributed by atoms with Gasteiger partial charge in [0.05, 0.1) is 19.8 Å². The third-order valence-electron chi connectivity index (χ3n) is 5.66. The van der Waals surface area contributed by atoms with Crippen LogP contribution in [0.25, 0.3) is 0 Å². The zero-order chi connectivity index (χ0) is 22.9. The Balaban J connectivity index is 1.70. The topological polar surface area (TPSA) is 38.3 Å². The van der Waals surface area contributed by atoms with Gasteiger partial charge >= 0.3 is 0 Å². The smallest absolute Gasteiger partial charge is 0.122 e. The van der Waals surface area contributed by atoms with Crippen LogP contribution in [0.4, 0.5) is 5.69 Å². The number of benzene rings is 3. The van der Waals surface area contributed by atoms with E-state index in [1.165, 1.54) is 22.4 Å². The highest BCUT2D eigenvalue weighted by Gasteiger charge is 2.19. The standard InChI is InChI=1S/C28H36N2O2/c1-21(2)32-25-16-12-23(13-17-25)26(27-8-6-7-9-28(27)31-5)18-19-29-20-22-10-14-24(15-11-22)30(3)4/h6-17,21,26,29H,18-20H2,1-5H3/p+1/t26-/m1/s1. The molecule has 0 spiro atoms. The molecule has 0 aromatic heterocycles. The van der Waals surface area contributed by atoms with Crippen LogP contribution in [0, 0.1) is 0 Å². The fraction of sp³-hybridized carbons (Fsp3) is 0.357. The normalized spacial score (nSPS) is 11.9. The Labute approximate surface area is 193 Å². The van der Waals surface area contributed by atoms with Crippen molar-refractivity contribution in [3.05, 3.63) is 89.5 Å². The number of para-hydroxylation sites is 1. The van der Waals surface area contributed by atoms with Crippen LogP contribution < -0.4 is 19.7 Å². The van der Waals surface area contributed by atoms with E-state index in [4.69, 9.17) is 9.47 Å². The van der Waals surface area contributed by atoms with E-state index in [1.54, 1.807) is 7.11 Å². The first-order valence-corrected chi connectivity index (χ1v) is 11.5. The molecule has 32 heavy (non-hydrogen) atoms. The number of rotatable bonds is 11. The van der Waals surface area contributed by atoms with Crippen LogP contribution in [0.2, 0.25) is 0 Å². The minimum absolute atomic E-state index is 0.173. The number of anilines is 1. The quantitative estimate of drug-likeness (QED) is 0.440. The van der Waals surface area contributed by atoms with Crippen molar-refractivity contribution < 1.29 is 14.8 Å². The van der Waals surface area contributed by atoms with Crippen molar-refractivity contribution >= 4 is 5.69 Å². The maximum Gasteiger partial charge on any atom is 0.122 e. The lowest BCUT2D eigenvalue weighted by Gasteiger charge is -2.21. The van der Waals surface area contributed by atoms with E-state index in [0.717, 1.165) is 31.0 Å². The van der Waals surface area contributed by atoms with E-state index < -0.39 is 0 Å². The summed E-state index contributed by atoms with van der Waals surface area (Å²) in [5.41, 5.74) is 5.10. The highest BCUT2D eigenvalue weighted by atomic mass is 16.5. The van der Waals surface area contributed by atoms with Crippen molar-refractivity contribution in [2.75, 3.05) is 32.6 Å². The number of methoxy groups -OCH3 is 1. The summed E-state index contributed by atoms with van der Waals surface area (Å²) in [6.07, 6.45) is 1.20. The molecule has 3 aromatic carbocycles. The summed E-state index contributed by atoms with van der Waals surface area (Å²) in [6.45, 7) is 6.11. The van der Waals surface area contributed by atoms with Gasteiger partial charge in [-0.2, -0.15) is 0 Å². The van der Waals surface area contributed by atoms with E-state index in [9.17, 15) is 0 Å². The summed E-state index contributed by atoms with van der Waals surface area (Å²) in [4.78, 5) is 2.13. The fourth-order valence-electron chi connectivity index (χ4n) is 3.99. The van der Waals surface area contributed by atoms with Gasteiger partial charge in [-0.3, -0.25) is 0 Å². The van der Waals surface area contributed by atoms with E-state index in [-0.39, 0.29) is 12.0 Å². The van der Waals surface area contributed by atoms with Crippen LogP contribution in [0.15, 0.2) is 72.8 Å². The molecule has 0 aliphatic heterocycles. The summed E-state index contributed by atoms with van der Waals surface area (Å²) in [7, 11) is 5.89. The molecule has 0 radical (unpaired) electrons. The minimum atomic E-state index is 0.173. The van der Waals surface area contributed by atoms with Crippen molar-refractivity contribution in [2.24, 2.45) is 0 Å². The first-order chi connectivity index (χ1) is 15.5. The average Bonchev–Trinajstić information content (AvgIpc) is 2.80. The second-order valence-electron chi connectivity index (χ2n) is 8.66. The monoisotopic (exact) mass is 433 g/mol. The molecule has 170 valence electrons. The first kappa shape index (κ1) is 23.7. The summed E-state index contributed by atoms with van der Waals surface area (Å²) < 4.78 is 11.5. The summed E-state index contributed by atoms with van der Waals surface area (Å²) in [5, 5.41) is 2.39. The molecule has 3 aromatic rings. The molecule has 4 heteroatoms. The van der Waals surface area contributed by atoms with Gasteiger partial charge in [-0.25, -0.2) is 0 Å². The molecule has 0 unspecified atom stereocenters. The van der Waals surface area contributed by atoms with Crippen LogP contribution >= 0.6 is 0 Å². The largest absolute Gasteiger partial charge is 0.496 e. The van der Waals surface area contributed by atoms with Gasteiger partial charge in [-0.1, -0.05) is 42.5 Å². The minimum Gasteiger partial charge on any atom is -0.496 e. The Bertz CT molecular complexity index is 950. The second kappa shape index (κ2) is 11.6. The Kier molecular flexibility index (Phi) is 8.57. The molecule has 3 rings (SSSR count). The van der Waals surface area contributed by atoms with Crippen LogP contribution in [-0.2, 0) is 6.54 Å². The van der Waals surface area contributed by atoms with Crippen LogP contribution in [0.1, 0.15) is 42.9 Å². The van der Waals surface area contributed by atoms with Crippen LogP contribution in [-0.4, -0.2) is 33.9 Å². The van der Waals surface area contributed by atoms with Crippen LogP contribution in [0.3, 0.4) is 0 Å². The molecule has 0 heterocycles. The SMILES string of the molecule is COc1ccccc1[C@H](CC[NH2+]Cc1ccc(N(C)C)cc1)c1ccc(OC(C)C)cc1. The molecule has 4 nitrogen and oxygen atoms in total. The zero-order valence-electron chi connectivity index (χ0n) is 20.0. The third kappa shape index (κ3) is 6.51. The van der Waals surface area contributed by atoms with Gasteiger partial charge in [0.25, 0.3) is 0 Å². The maximum absolute atomic E-state index is 5.84. The maximum atomic E-state index is 5.84. The molecule has 0 amide bonds. The number of quaternary nitrogens is 1. The predicted octanol–water partition coefficient (Wildman–Crippen LogP) is 4.83. The van der Waals surface area contributed by atoms with Gasteiger partial charge in [-0.05, 0) is 49.7 Å². The first-order valence-electron chi connectivity index (χ1n) is 11.5. The van der Waals surface area contributed by atoms with Crippen molar-refractivity contribution in [2.45, 2.75) is 38.8 Å². The molecule has 1 atom stereocenters. The van der Waals surface area contributed by atoms with Crippen molar-refractivity contribution in [1.29, 1.82) is 0 Å². The molecule has 0 saturated carbocycles. The van der Waals surface area contributed by atoms with Crippen molar-refractivity contribution in [3.63, 3.8) is 0 Å². The van der Waals surface area contributed by atoms with Gasteiger partial charge in [0.15, 0.2) is 0 Å². The second-order valence-corrected chi connectivity index (χ2v) is 8.66. The lowest BCUT2D eigenvalue weighted by molar-refractivity contribution is -0.671. The number of hydrogen-bond donors (Lipinski definition) is 1. The Morgan fingerprint density at radius 2 is 1.56 bits per heavy atom. The Morgan fingerprint density at radius 3 is 2.19 bits per heavy atom. The molecule has 0 aliphatic carbocycles. The molecule has 0 aliphatic rings. The summed E-state index contributed by atoms with van der Waals surface area (Å²) >= 11 is 0. The number of ether oxygens (including phenoxy) is 2. The van der Waals surface area contributed by atoms with Gasteiger partial charge in [0.1, 0.15) is 18.0 Å². The molecular formula is C28H37N2O2+. The lowest BCUT2D eigenvalue weighted by Crippen LogP contribution is -2.82. The molecule has 0 saturated heterocycles. The number of nitrogens with zero attached hydrogens (tertiary/aromatic N) is 1. The van der Waals surface area contributed by atoms with E-state index in [0.29, 0.717) is 0 Å². The van der Waals surface area contributed by atoms with E-state index >= 15 is 0 Å². The van der Waals surface area contributed by atoms with E-state index in [1.807, 2.05) is 6.07 Å². The van der Waals surface area contributed by atoms with Gasteiger partial charge in [0, 0.05) is 43.2 Å². The molecular weight excluding hydrogens is 396 g/mol. The Morgan fingerprint density at radius 1 is 0.875 bits per heavy atom. The third-order valence-corrected chi connectivity index (χ3v) is 5.66. The summed E-state index contributed by atoms with van der Waals surface area (Å²) in [6, 6.07) is 25.7. The highest BCUT2D eigenvalue weighted by molar-refractivity contribution is 5.46. The molecule has 2 N–H and O–H groups in total. The van der Waals surface area contributed by atoms with E-state index in [2.05, 4.69) is 105 Å². The zero-order valence-corrected chi connectivity index (χ0v) is 20.0. The lowest BCUT2D eigenvalue weighted by atomic mass is 9.88. The van der Waals surface area contributed by atoms with Gasteiger partial charge in [-0.15, -0.1) is 0 Å². The fourth-order valence-corrected chi connectivity index (χ4v) is 3.99. The predicted molar refractivity (Wildman–Crippen MR) is 133 cm³/mol. The van der Waals surface area contributed by atoms with Gasteiger partial charge in [0.2, 0.25) is 0 Å². The Hall–Kier alpha value is -2.98. The average molecular weight is 434 g/mol. The number of hydrogen-bond acceptors (Lipinski definition) is 3. The number of nitrogens with two attached hydrogens (primary N) is 1. The molecule has 0 bridgehead atoms. The molecule has 0 fully saturated rings. The summed E-state index contributed by atoms with van der Waals surface area (Å²) in [5.74, 6) is 2.13. The van der Waals surface area contributed by atoms with Crippen LogP contribution in [0.5, 0.6) is 11.5 Å². The van der Waals surface area contributed by atoms with Gasteiger partial charge < -0.3 is 19.7 Å². The highest BCUT2D eigenvalue weighted by Crippen LogP contribution is 2.34. The van der Waals surface area contributed by atoms with Crippen molar-refractivity contribution in [3.8, 4) is 11.5 Å². The van der Waals surface area contributed by atoms with Crippen molar-refractivity contribution in [1.82, 2.24) is 0 Å².